The first-order valence-corrected chi connectivity index (χ1v) is 9.05. The second-order valence-electron chi connectivity index (χ2n) is 7.85. The number of aliphatic hydroxyl groups is 1. The smallest absolute Gasteiger partial charge is 0.314 e. The summed E-state index contributed by atoms with van der Waals surface area (Å²) in [6.45, 7) is 0. The average Bonchev–Trinajstić information content (AvgIpc) is 3.18. The average molecular weight is 390 g/mol. The van der Waals surface area contributed by atoms with Gasteiger partial charge in [-0.15, -0.1) is 0 Å². The van der Waals surface area contributed by atoms with Crippen LogP contribution in [0.25, 0.3) is 0 Å². The van der Waals surface area contributed by atoms with E-state index >= 15 is 0 Å². The molecular formula is C19H22N2O7. The Morgan fingerprint density at radius 2 is 2.07 bits per heavy atom. The highest BCUT2D eigenvalue weighted by Crippen LogP contribution is 2.54. The topological polar surface area (TPSA) is 155 Å². The zero-order valence-electron chi connectivity index (χ0n) is 15.3. The summed E-state index contributed by atoms with van der Waals surface area (Å²) in [5, 5.41) is 10.2. The van der Waals surface area contributed by atoms with Crippen LogP contribution in [0.4, 0.5) is 0 Å². The van der Waals surface area contributed by atoms with Crippen molar-refractivity contribution in [1.29, 1.82) is 0 Å². The molecule has 0 bridgehead atoms. The number of cyclic esters (lactones) is 1. The molecule has 0 spiro atoms. The van der Waals surface area contributed by atoms with E-state index in [2.05, 4.69) is 0 Å². The number of ether oxygens (including phenoxy) is 2. The largest absolute Gasteiger partial charge is 0.505 e. The van der Waals surface area contributed by atoms with Gasteiger partial charge in [0.1, 0.15) is 6.10 Å². The van der Waals surface area contributed by atoms with Crippen molar-refractivity contribution in [3.63, 3.8) is 0 Å². The lowest BCUT2D eigenvalue weighted by Gasteiger charge is -2.58. The van der Waals surface area contributed by atoms with Gasteiger partial charge in [-0.05, 0) is 25.0 Å². The fourth-order valence-corrected chi connectivity index (χ4v) is 5.12. The molecule has 28 heavy (non-hydrogen) atoms. The number of hydrogen-bond acceptors (Lipinski definition) is 9. The monoisotopic (exact) mass is 390 g/mol. The van der Waals surface area contributed by atoms with Crippen LogP contribution in [0.2, 0.25) is 0 Å². The third-order valence-electron chi connectivity index (χ3n) is 6.46. The van der Waals surface area contributed by atoms with E-state index in [-0.39, 0.29) is 19.3 Å². The van der Waals surface area contributed by atoms with Gasteiger partial charge in [0, 0.05) is 23.1 Å². The highest BCUT2D eigenvalue weighted by atomic mass is 16.5. The molecule has 150 valence electrons. The Kier molecular flexibility index (Phi) is 4.13. The van der Waals surface area contributed by atoms with Crippen molar-refractivity contribution in [1.82, 2.24) is 0 Å². The maximum Gasteiger partial charge on any atom is 0.314 e. The number of nitrogens with two attached hydrogens (primary N) is 2. The quantitative estimate of drug-likeness (QED) is 0.612. The minimum atomic E-state index is -1.39. The number of Topliss-reactive ketones (excluding diaryl/α,β-unsaturated/α-hetero) is 1. The molecule has 1 aromatic heterocycles. The van der Waals surface area contributed by atoms with Gasteiger partial charge in [0.2, 0.25) is 5.78 Å². The van der Waals surface area contributed by atoms with Gasteiger partial charge in [-0.3, -0.25) is 14.4 Å². The van der Waals surface area contributed by atoms with Crippen LogP contribution in [0.5, 0.6) is 0 Å². The van der Waals surface area contributed by atoms with Crippen LogP contribution in [0.3, 0.4) is 0 Å². The Morgan fingerprint density at radius 3 is 2.71 bits per heavy atom. The van der Waals surface area contributed by atoms with Gasteiger partial charge in [-0.25, -0.2) is 0 Å². The summed E-state index contributed by atoms with van der Waals surface area (Å²) in [7, 11) is 1.21. The van der Waals surface area contributed by atoms with E-state index in [9.17, 15) is 19.5 Å². The Hall–Kier alpha value is -2.65. The number of ketones is 1. The summed E-state index contributed by atoms with van der Waals surface area (Å²) in [5.41, 5.74) is 11.2. The molecule has 0 radical (unpaired) electrons. The van der Waals surface area contributed by atoms with Crippen molar-refractivity contribution in [3.8, 4) is 0 Å². The SMILES string of the molecule is COC(=O)[C@@H]1C=C(O)C(=O)[C@H]2[C@@]1(N)CC[C@H]1C(=O)O[C@H](c3ccoc3)C[C@]21N. The molecule has 1 aliphatic heterocycles. The van der Waals surface area contributed by atoms with Crippen LogP contribution in [0.1, 0.15) is 30.9 Å². The van der Waals surface area contributed by atoms with Gasteiger partial charge in [-0.1, -0.05) is 0 Å². The molecule has 2 heterocycles. The van der Waals surface area contributed by atoms with Crippen LogP contribution < -0.4 is 11.5 Å². The van der Waals surface area contributed by atoms with Gasteiger partial charge in [0.15, 0.2) is 5.76 Å². The molecule has 6 atom stereocenters. The normalized spacial score (nSPS) is 40.0. The molecule has 4 rings (SSSR count). The van der Waals surface area contributed by atoms with Gasteiger partial charge in [0.25, 0.3) is 0 Å². The third-order valence-corrected chi connectivity index (χ3v) is 6.46. The van der Waals surface area contributed by atoms with Gasteiger partial charge < -0.3 is 30.5 Å². The first kappa shape index (κ1) is 18.7. The molecule has 2 fully saturated rings. The molecule has 1 saturated heterocycles. The first-order chi connectivity index (χ1) is 13.2. The Balaban J connectivity index is 1.81. The summed E-state index contributed by atoms with van der Waals surface area (Å²) in [4.78, 5) is 38.0. The number of methoxy groups -OCH3 is 1. The maximum atomic E-state index is 13.0. The highest BCUT2D eigenvalue weighted by molar-refractivity contribution is 6.01. The van der Waals surface area contributed by atoms with Crippen molar-refractivity contribution < 1.29 is 33.4 Å². The maximum absolute atomic E-state index is 13.0. The van der Waals surface area contributed by atoms with Crippen LogP contribution in [0.15, 0.2) is 34.8 Å². The first-order valence-electron chi connectivity index (χ1n) is 9.05. The predicted molar refractivity (Wildman–Crippen MR) is 93.4 cm³/mol. The van der Waals surface area contributed by atoms with E-state index in [0.717, 1.165) is 6.08 Å². The number of carbonyl (C=O) groups excluding carboxylic acids is 3. The number of esters is 2. The number of fused-ring (bicyclic) bond motifs is 3. The van der Waals surface area contributed by atoms with Crippen molar-refractivity contribution in [2.24, 2.45) is 29.2 Å². The van der Waals surface area contributed by atoms with Crippen molar-refractivity contribution >= 4 is 17.7 Å². The van der Waals surface area contributed by atoms with Crippen LogP contribution in [0, 0.1) is 17.8 Å². The second-order valence-corrected chi connectivity index (χ2v) is 7.85. The number of furan rings is 1. The molecule has 2 aliphatic carbocycles. The second kappa shape index (κ2) is 6.18. The molecular weight excluding hydrogens is 368 g/mol. The molecule has 1 saturated carbocycles. The van der Waals surface area contributed by atoms with Gasteiger partial charge >= 0.3 is 11.9 Å². The minimum absolute atomic E-state index is 0.111. The Morgan fingerprint density at radius 1 is 1.32 bits per heavy atom. The van der Waals surface area contributed by atoms with Crippen LogP contribution >= 0.6 is 0 Å². The highest BCUT2D eigenvalue weighted by Gasteiger charge is 2.67. The molecule has 9 nitrogen and oxygen atoms in total. The van der Waals surface area contributed by atoms with E-state index in [1.54, 1.807) is 6.07 Å². The van der Waals surface area contributed by atoms with E-state index < -0.39 is 58.4 Å². The summed E-state index contributed by atoms with van der Waals surface area (Å²) in [6.07, 6.45) is 3.85. The van der Waals surface area contributed by atoms with E-state index in [0.29, 0.717) is 5.56 Å². The zero-order valence-corrected chi connectivity index (χ0v) is 15.3. The van der Waals surface area contributed by atoms with Crippen molar-refractivity contribution in [2.75, 3.05) is 7.11 Å². The van der Waals surface area contributed by atoms with E-state index in [4.69, 9.17) is 25.4 Å². The number of rotatable bonds is 2. The molecule has 3 aliphatic rings. The lowest BCUT2D eigenvalue weighted by atomic mass is 9.50. The molecule has 0 amide bonds. The van der Waals surface area contributed by atoms with Crippen molar-refractivity contribution in [2.45, 2.75) is 36.4 Å². The lowest BCUT2D eigenvalue weighted by molar-refractivity contribution is -0.179. The Labute approximate surface area is 160 Å². The van der Waals surface area contributed by atoms with Crippen LogP contribution in [-0.2, 0) is 23.9 Å². The minimum Gasteiger partial charge on any atom is -0.505 e. The number of hydrogen-bond donors (Lipinski definition) is 3. The Bertz CT molecular complexity index is 864. The summed E-state index contributed by atoms with van der Waals surface area (Å²) in [5.74, 6) is -5.43. The summed E-state index contributed by atoms with van der Waals surface area (Å²) >= 11 is 0. The molecule has 1 aromatic rings. The standard InChI is InChI=1S/C19H22N2O7/c1-26-16(24)11-6-12(22)14(23)15-18(11,20)4-2-10-17(25)28-13(7-19(10,15)21)9-3-5-27-8-9/h3,5-6,8,10-11,13,15,22H,2,4,7,20-21H2,1H3/t10-,11-,13-,15-,18+,19+/m0/s1. The van der Waals surface area contributed by atoms with Crippen molar-refractivity contribution in [3.05, 3.63) is 36.0 Å². The summed E-state index contributed by atoms with van der Waals surface area (Å²) < 4.78 is 15.4. The molecule has 0 aromatic carbocycles. The van der Waals surface area contributed by atoms with E-state index in [1.807, 2.05) is 0 Å². The molecule has 0 unspecified atom stereocenters. The molecule has 9 heteroatoms. The zero-order chi connectivity index (χ0) is 20.3. The molecule has 5 N–H and O–H groups in total. The fourth-order valence-electron chi connectivity index (χ4n) is 5.12. The third kappa shape index (κ3) is 2.43. The number of allylic oxidation sites excluding steroid dienone is 1. The number of carbonyl (C=O) groups is 3. The fraction of sp³-hybridized carbons (Fsp3) is 0.526. The van der Waals surface area contributed by atoms with Gasteiger partial charge in [-0.2, -0.15) is 0 Å². The number of aliphatic hydroxyl groups excluding tert-OH is 1. The lowest BCUT2D eigenvalue weighted by Crippen LogP contribution is -2.76. The van der Waals surface area contributed by atoms with E-state index in [1.165, 1.54) is 19.6 Å². The van der Waals surface area contributed by atoms with Crippen LogP contribution in [-0.4, -0.2) is 41.0 Å². The van der Waals surface area contributed by atoms with Gasteiger partial charge in [0.05, 0.1) is 37.4 Å². The predicted octanol–water partition coefficient (Wildman–Crippen LogP) is 0.503. The summed E-state index contributed by atoms with van der Waals surface area (Å²) in [6, 6.07) is 1.65.